The van der Waals surface area contributed by atoms with Gasteiger partial charge >= 0.3 is 0 Å². The molecule has 0 spiro atoms. The molecule has 0 N–H and O–H groups in total. The van der Waals surface area contributed by atoms with Crippen molar-refractivity contribution in [3.63, 3.8) is 0 Å². The van der Waals surface area contributed by atoms with Crippen LogP contribution in [0.3, 0.4) is 0 Å². The summed E-state index contributed by atoms with van der Waals surface area (Å²) in [6.07, 6.45) is 2.01. The van der Waals surface area contributed by atoms with Gasteiger partial charge in [-0.15, -0.1) is 0 Å². The molecule has 0 saturated heterocycles. The molecule has 1 aromatic rings. The first kappa shape index (κ1) is 9.37. The zero-order valence-corrected chi connectivity index (χ0v) is 8.48. The Morgan fingerprint density at radius 2 is 1.92 bits per heavy atom. The van der Waals surface area contributed by atoms with E-state index >= 15 is 0 Å². The molecule has 0 aliphatic carbocycles. The zero-order chi connectivity index (χ0) is 9.14. The van der Waals surface area contributed by atoms with E-state index < -0.39 is 0 Å². The number of hydrogen-bond acceptors (Lipinski definition) is 1. The van der Waals surface area contributed by atoms with Gasteiger partial charge in [0.25, 0.3) is 0 Å². The molecule has 0 fully saturated rings. The lowest BCUT2D eigenvalue weighted by atomic mass is 10.0. The lowest BCUT2D eigenvalue weighted by Crippen LogP contribution is -1.88. The predicted octanol–water partition coefficient (Wildman–Crippen LogP) is 3.53. The minimum absolute atomic E-state index is 0.587. The molecular weight excluding hydrogens is 148 g/mol. The van der Waals surface area contributed by atoms with Crippen molar-refractivity contribution in [1.29, 1.82) is 0 Å². The van der Waals surface area contributed by atoms with Gasteiger partial charge in [0.1, 0.15) is 11.5 Å². The summed E-state index contributed by atoms with van der Waals surface area (Å²) in [4.78, 5) is 0. The van der Waals surface area contributed by atoms with Gasteiger partial charge < -0.3 is 4.42 Å². The van der Waals surface area contributed by atoms with Crippen molar-refractivity contribution >= 4 is 0 Å². The van der Waals surface area contributed by atoms with E-state index in [1.54, 1.807) is 0 Å². The fraction of sp³-hybridized carbons (Fsp3) is 0.636. The SMILES string of the molecule is CCc1cc(C(C)C)c(CC)o1. The molecule has 0 atom stereocenters. The summed E-state index contributed by atoms with van der Waals surface area (Å²) >= 11 is 0. The normalized spacial score (nSPS) is 11.1. The van der Waals surface area contributed by atoms with Gasteiger partial charge in [0.15, 0.2) is 0 Å². The quantitative estimate of drug-likeness (QED) is 0.669. The molecule has 0 radical (unpaired) electrons. The summed E-state index contributed by atoms with van der Waals surface area (Å²) < 4.78 is 5.67. The van der Waals surface area contributed by atoms with Gasteiger partial charge in [0.2, 0.25) is 0 Å². The monoisotopic (exact) mass is 166 g/mol. The van der Waals surface area contributed by atoms with Gasteiger partial charge in [-0.05, 0) is 17.5 Å². The minimum atomic E-state index is 0.587. The van der Waals surface area contributed by atoms with Gasteiger partial charge in [-0.3, -0.25) is 0 Å². The molecule has 1 rings (SSSR count). The molecule has 12 heavy (non-hydrogen) atoms. The maximum absolute atomic E-state index is 5.67. The highest BCUT2D eigenvalue weighted by Gasteiger charge is 2.10. The van der Waals surface area contributed by atoms with Crippen LogP contribution in [0.1, 0.15) is 50.7 Å². The van der Waals surface area contributed by atoms with Crippen LogP contribution in [0.15, 0.2) is 10.5 Å². The Bertz CT molecular complexity index is 246. The summed E-state index contributed by atoms with van der Waals surface area (Å²) in [5.41, 5.74) is 1.38. The van der Waals surface area contributed by atoms with Gasteiger partial charge in [0, 0.05) is 12.8 Å². The summed E-state index contributed by atoms with van der Waals surface area (Å²) in [5.74, 6) is 2.88. The highest BCUT2D eigenvalue weighted by atomic mass is 16.3. The number of furan rings is 1. The van der Waals surface area contributed by atoms with Gasteiger partial charge in [-0.2, -0.15) is 0 Å². The van der Waals surface area contributed by atoms with Crippen LogP contribution >= 0.6 is 0 Å². The first-order valence-electron chi connectivity index (χ1n) is 4.80. The molecule has 1 heterocycles. The molecule has 0 aliphatic rings. The highest BCUT2D eigenvalue weighted by molar-refractivity contribution is 5.24. The number of hydrogen-bond donors (Lipinski definition) is 0. The summed E-state index contributed by atoms with van der Waals surface area (Å²) in [7, 11) is 0. The standard InChI is InChI=1S/C11H18O/c1-5-9-7-10(8(3)4)11(6-2)12-9/h7-8H,5-6H2,1-4H3. The highest BCUT2D eigenvalue weighted by Crippen LogP contribution is 2.24. The van der Waals surface area contributed by atoms with Crippen LogP contribution in [0.25, 0.3) is 0 Å². The molecular formula is C11H18O. The molecule has 0 aromatic carbocycles. The van der Waals surface area contributed by atoms with Crippen LogP contribution in [0, 0.1) is 0 Å². The second-order valence-electron chi connectivity index (χ2n) is 3.45. The van der Waals surface area contributed by atoms with E-state index in [0.29, 0.717) is 5.92 Å². The molecule has 0 aliphatic heterocycles. The first-order chi connectivity index (χ1) is 5.69. The molecule has 68 valence electrons. The number of aryl methyl sites for hydroxylation is 2. The Balaban J connectivity index is 3.00. The molecule has 0 unspecified atom stereocenters. The average molecular weight is 166 g/mol. The fourth-order valence-corrected chi connectivity index (χ4v) is 1.44. The topological polar surface area (TPSA) is 13.1 Å². The van der Waals surface area contributed by atoms with E-state index in [2.05, 4.69) is 33.8 Å². The lowest BCUT2D eigenvalue weighted by Gasteiger charge is -2.01. The van der Waals surface area contributed by atoms with E-state index in [1.165, 1.54) is 11.3 Å². The van der Waals surface area contributed by atoms with E-state index in [9.17, 15) is 0 Å². The lowest BCUT2D eigenvalue weighted by molar-refractivity contribution is 0.469. The second-order valence-corrected chi connectivity index (χ2v) is 3.45. The average Bonchev–Trinajstić information content (AvgIpc) is 2.47. The van der Waals surface area contributed by atoms with Crippen molar-refractivity contribution in [2.75, 3.05) is 0 Å². The third-order valence-corrected chi connectivity index (χ3v) is 2.18. The Hall–Kier alpha value is -0.720. The van der Waals surface area contributed by atoms with Crippen molar-refractivity contribution < 1.29 is 4.42 Å². The summed E-state index contributed by atoms with van der Waals surface area (Å²) in [6, 6.07) is 2.20. The van der Waals surface area contributed by atoms with Crippen LogP contribution in [0.5, 0.6) is 0 Å². The Morgan fingerprint density at radius 3 is 2.25 bits per heavy atom. The summed E-state index contributed by atoms with van der Waals surface area (Å²) in [5, 5.41) is 0. The zero-order valence-electron chi connectivity index (χ0n) is 8.48. The van der Waals surface area contributed by atoms with Crippen molar-refractivity contribution in [2.24, 2.45) is 0 Å². The molecule has 0 bridgehead atoms. The third kappa shape index (κ3) is 1.71. The molecule has 0 saturated carbocycles. The van der Waals surface area contributed by atoms with Crippen LogP contribution < -0.4 is 0 Å². The second kappa shape index (κ2) is 3.79. The first-order valence-corrected chi connectivity index (χ1v) is 4.80. The van der Waals surface area contributed by atoms with Crippen LogP contribution in [0.2, 0.25) is 0 Å². The van der Waals surface area contributed by atoms with Gasteiger partial charge in [-0.1, -0.05) is 27.7 Å². The predicted molar refractivity (Wildman–Crippen MR) is 51.6 cm³/mol. The molecule has 1 aromatic heterocycles. The molecule has 1 heteroatoms. The molecule has 1 nitrogen and oxygen atoms in total. The molecule has 0 amide bonds. The van der Waals surface area contributed by atoms with Crippen molar-refractivity contribution in [3.05, 3.63) is 23.2 Å². The third-order valence-electron chi connectivity index (χ3n) is 2.18. The maximum atomic E-state index is 5.67. The summed E-state index contributed by atoms with van der Waals surface area (Å²) in [6.45, 7) is 8.69. The van der Waals surface area contributed by atoms with Gasteiger partial charge in [0.05, 0.1) is 0 Å². The minimum Gasteiger partial charge on any atom is -0.466 e. The smallest absolute Gasteiger partial charge is 0.107 e. The van der Waals surface area contributed by atoms with E-state index in [0.717, 1.165) is 18.6 Å². The Kier molecular flexibility index (Phi) is 2.96. The van der Waals surface area contributed by atoms with Crippen molar-refractivity contribution in [3.8, 4) is 0 Å². The van der Waals surface area contributed by atoms with E-state index in [1.807, 2.05) is 0 Å². The van der Waals surface area contributed by atoms with Crippen LogP contribution in [0.4, 0.5) is 0 Å². The number of rotatable bonds is 3. The van der Waals surface area contributed by atoms with Crippen molar-refractivity contribution in [2.45, 2.75) is 46.5 Å². The Labute approximate surface area is 74.8 Å². The van der Waals surface area contributed by atoms with E-state index in [-0.39, 0.29) is 0 Å². The van der Waals surface area contributed by atoms with Crippen LogP contribution in [-0.4, -0.2) is 0 Å². The van der Waals surface area contributed by atoms with Crippen molar-refractivity contribution in [1.82, 2.24) is 0 Å². The van der Waals surface area contributed by atoms with Gasteiger partial charge in [-0.25, -0.2) is 0 Å². The van der Waals surface area contributed by atoms with E-state index in [4.69, 9.17) is 4.42 Å². The fourth-order valence-electron chi connectivity index (χ4n) is 1.44. The Morgan fingerprint density at radius 1 is 1.25 bits per heavy atom. The van der Waals surface area contributed by atoms with Crippen LogP contribution in [-0.2, 0) is 12.8 Å². The largest absolute Gasteiger partial charge is 0.466 e. The maximum Gasteiger partial charge on any atom is 0.107 e.